The number of aromatic nitrogens is 4. The number of nitrogens with one attached hydrogen (secondary N) is 1. The van der Waals surface area contributed by atoms with Crippen molar-refractivity contribution in [3.8, 4) is 0 Å². The van der Waals surface area contributed by atoms with Crippen LogP contribution in [0.4, 0.5) is 11.8 Å². The van der Waals surface area contributed by atoms with Crippen molar-refractivity contribution in [2.24, 2.45) is 5.41 Å². The van der Waals surface area contributed by atoms with Gasteiger partial charge in [-0.2, -0.15) is 9.97 Å². The number of anilines is 2. The first-order valence-corrected chi connectivity index (χ1v) is 15.1. The molecule has 0 saturated carbocycles. The summed E-state index contributed by atoms with van der Waals surface area (Å²) < 4.78 is 25.0. The van der Waals surface area contributed by atoms with Crippen molar-refractivity contribution < 1.29 is 28.1 Å². The maximum absolute atomic E-state index is 12.3. The third-order valence-corrected chi connectivity index (χ3v) is 8.43. The maximum Gasteiger partial charge on any atom is 0.323 e. The number of rotatable bonds is 12. The van der Waals surface area contributed by atoms with Gasteiger partial charge in [0.2, 0.25) is 5.95 Å². The highest BCUT2D eigenvalue weighted by Gasteiger charge is 2.37. The van der Waals surface area contributed by atoms with E-state index in [1.165, 1.54) is 18.1 Å². The second-order valence-corrected chi connectivity index (χ2v) is 13.2. The minimum Gasteiger partial charge on any atom is -0.462 e. The van der Waals surface area contributed by atoms with Gasteiger partial charge in [0.25, 0.3) is 8.53 Å². The van der Waals surface area contributed by atoms with E-state index in [1.807, 2.05) is 20.8 Å². The molecule has 0 radical (unpaired) electrons. The van der Waals surface area contributed by atoms with Crippen LogP contribution in [0.2, 0.25) is 0 Å². The quantitative estimate of drug-likeness (QED) is 0.139. The fourth-order valence-electron chi connectivity index (χ4n) is 3.47. The average Bonchev–Trinajstić information content (AvgIpc) is 3.41. The molecular weight excluding hydrogens is 569 g/mol. The fraction of sp³-hybridized carbons (Fsp3) is 0.696. The first-order valence-electron chi connectivity index (χ1n) is 12.5. The van der Waals surface area contributed by atoms with E-state index in [1.54, 1.807) is 25.3 Å². The molecule has 0 amide bonds. The standard InChI is InChI=1S/C23H37ClN7O6PS/c1-12(2)36-20(32)13(3)30-38(34-7-8-39-21(33)23(4,5)6)35-10-14-9-15(24)19(37-14)31-11-27-16-17(25)28-22(26)29-18(16)31/h11-15,19,30H,7-10H2,1-6H3,(H4,25,26,28,29). The average molecular weight is 606 g/mol. The summed E-state index contributed by atoms with van der Waals surface area (Å²) in [6.07, 6.45) is 0.797. The van der Waals surface area contributed by atoms with Crippen LogP contribution in [-0.2, 0) is 28.1 Å². The highest BCUT2D eigenvalue weighted by atomic mass is 35.5. The smallest absolute Gasteiger partial charge is 0.323 e. The van der Waals surface area contributed by atoms with Gasteiger partial charge in [-0.15, -0.1) is 11.6 Å². The first-order chi connectivity index (χ1) is 18.3. The van der Waals surface area contributed by atoms with Gasteiger partial charge < -0.3 is 30.0 Å². The van der Waals surface area contributed by atoms with Crippen LogP contribution in [0.15, 0.2) is 6.33 Å². The molecule has 0 aliphatic carbocycles. The zero-order chi connectivity index (χ0) is 28.9. The molecule has 1 saturated heterocycles. The summed E-state index contributed by atoms with van der Waals surface area (Å²) in [4.78, 5) is 37.0. The summed E-state index contributed by atoms with van der Waals surface area (Å²) in [6.45, 7) is 11.2. The lowest BCUT2D eigenvalue weighted by Gasteiger charge is -2.23. The van der Waals surface area contributed by atoms with Crippen LogP contribution >= 0.6 is 31.9 Å². The largest absolute Gasteiger partial charge is 0.462 e. The number of carbonyl (C=O) groups is 2. The maximum atomic E-state index is 12.3. The van der Waals surface area contributed by atoms with Gasteiger partial charge in [0.15, 0.2) is 22.8 Å². The van der Waals surface area contributed by atoms with Gasteiger partial charge in [0.05, 0.1) is 37.1 Å². The Morgan fingerprint density at radius 2 is 2.00 bits per heavy atom. The van der Waals surface area contributed by atoms with Crippen molar-refractivity contribution in [3.05, 3.63) is 6.33 Å². The molecule has 1 aliphatic rings. The van der Waals surface area contributed by atoms with Crippen LogP contribution in [0.3, 0.4) is 0 Å². The number of hydrogen-bond acceptors (Lipinski definition) is 13. The van der Waals surface area contributed by atoms with Crippen molar-refractivity contribution in [2.75, 3.05) is 30.4 Å². The minimum absolute atomic E-state index is 0.0205. The highest BCUT2D eigenvalue weighted by Crippen LogP contribution is 2.39. The Hall–Kier alpha value is -1.80. The van der Waals surface area contributed by atoms with Crippen LogP contribution in [0.5, 0.6) is 0 Å². The molecule has 5 atom stereocenters. The van der Waals surface area contributed by atoms with E-state index >= 15 is 0 Å². The van der Waals surface area contributed by atoms with Crippen molar-refractivity contribution in [2.45, 2.75) is 77.8 Å². The van der Waals surface area contributed by atoms with Crippen LogP contribution in [0.1, 0.15) is 54.2 Å². The molecule has 2 aromatic heterocycles. The number of nitrogen functional groups attached to an aromatic ring is 2. The molecule has 13 nitrogen and oxygen atoms in total. The number of fused-ring (bicyclic) bond motifs is 1. The van der Waals surface area contributed by atoms with Crippen molar-refractivity contribution >= 4 is 65.9 Å². The Labute approximate surface area is 238 Å². The molecule has 2 aromatic rings. The molecule has 3 heterocycles. The molecule has 0 bridgehead atoms. The van der Waals surface area contributed by atoms with Gasteiger partial charge in [0.1, 0.15) is 11.6 Å². The van der Waals surface area contributed by atoms with Crippen molar-refractivity contribution in [3.63, 3.8) is 0 Å². The molecule has 3 rings (SSSR count). The second kappa shape index (κ2) is 13.7. The second-order valence-electron chi connectivity index (χ2n) is 10.3. The lowest BCUT2D eigenvalue weighted by molar-refractivity contribution is -0.149. The number of ether oxygens (including phenoxy) is 2. The van der Waals surface area contributed by atoms with E-state index in [9.17, 15) is 9.59 Å². The predicted octanol–water partition coefficient (Wildman–Crippen LogP) is 3.38. The van der Waals surface area contributed by atoms with E-state index in [0.717, 1.165) is 0 Å². The topological polar surface area (TPSA) is 179 Å². The Kier molecular flexibility index (Phi) is 11.2. The molecule has 0 spiro atoms. The molecule has 5 unspecified atom stereocenters. The van der Waals surface area contributed by atoms with Gasteiger partial charge in [-0.25, -0.2) is 10.1 Å². The Morgan fingerprint density at radius 1 is 1.28 bits per heavy atom. The van der Waals surface area contributed by atoms with E-state index < -0.39 is 37.6 Å². The number of imidazole rings is 1. The third-order valence-electron chi connectivity index (χ3n) is 5.39. The van der Waals surface area contributed by atoms with Crippen LogP contribution in [0.25, 0.3) is 11.2 Å². The molecule has 16 heteroatoms. The summed E-state index contributed by atoms with van der Waals surface area (Å²) in [5, 5.41) is 2.71. The van der Waals surface area contributed by atoms with E-state index in [4.69, 9.17) is 41.6 Å². The zero-order valence-corrected chi connectivity index (χ0v) is 25.4. The zero-order valence-electron chi connectivity index (χ0n) is 22.9. The van der Waals surface area contributed by atoms with Crippen LogP contribution in [-0.4, -0.2) is 73.2 Å². The Bertz CT molecular complexity index is 1150. The van der Waals surface area contributed by atoms with Gasteiger partial charge in [-0.3, -0.25) is 14.2 Å². The first kappa shape index (κ1) is 31.7. The van der Waals surface area contributed by atoms with E-state index in [2.05, 4.69) is 20.0 Å². The van der Waals surface area contributed by atoms with E-state index in [-0.39, 0.29) is 42.3 Å². The monoisotopic (exact) mass is 605 g/mol. The third kappa shape index (κ3) is 8.84. The summed E-state index contributed by atoms with van der Waals surface area (Å²) in [6, 6.07) is -0.673. The van der Waals surface area contributed by atoms with E-state index in [0.29, 0.717) is 23.3 Å². The van der Waals surface area contributed by atoms with Gasteiger partial charge in [-0.1, -0.05) is 32.5 Å². The molecule has 218 valence electrons. The van der Waals surface area contributed by atoms with Gasteiger partial charge in [-0.05, 0) is 27.2 Å². The molecule has 1 aliphatic heterocycles. The number of esters is 1. The number of thioether (sulfide) groups is 1. The number of carbonyl (C=O) groups excluding carboxylic acids is 2. The summed E-state index contributed by atoms with van der Waals surface area (Å²) in [5.74, 6) is 0.208. The highest BCUT2D eigenvalue weighted by molar-refractivity contribution is 8.13. The Balaban J connectivity index is 1.61. The SMILES string of the molecule is CC(C)OC(=O)C(C)NP(OCCSC(=O)C(C)(C)C)OCC1CC(Cl)C(n2cnc3c(N)nc(N)nc32)O1. The molecule has 0 aromatic carbocycles. The molecule has 1 fully saturated rings. The summed E-state index contributed by atoms with van der Waals surface area (Å²) in [5.41, 5.74) is 12.1. The van der Waals surface area contributed by atoms with Crippen LogP contribution < -0.4 is 16.6 Å². The predicted molar refractivity (Wildman–Crippen MR) is 152 cm³/mol. The Morgan fingerprint density at radius 3 is 2.67 bits per heavy atom. The number of halogens is 1. The number of hydrogen-bond donors (Lipinski definition) is 3. The lowest BCUT2D eigenvalue weighted by atomic mass is 10.00. The molecule has 39 heavy (non-hydrogen) atoms. The van der Waals surface area contributed by atoms with Crippen molar-refractivity contribution in [1.29, 1.82) is 0 Å². The minimum atomic E-state index is -1.71. The van der Waals surface area contributed by atoms with Crippen molar-refractivity contribution in [1.82, 2.24) is 24.6 Å². The van der Waals surface area contributed by atoms with Crippen LogP contribution in [0, 0.1) is 5.41 Å². The summed E-state index contributed by atoms with van der Waals surface area (Å²) in [7, 11) is -1.71. The normalized spacial score (nSPS) is 21.4. The fourth-order valence-corrected chi connectivity index (χ4v) is 5.97. The summed E-state index contributed by atoms with van der Waals surface area (Å²) >= 11 is 7.83. The van der Waals surface area contributed by atoms with Gasteiger partial charge >= 0.3 is 5.97 Å². The lowest BCUT2D eigenvalue weighted by Crippen LogP contribution is -2.34. The number of nitrogens with zero attached hydrogens (tertiary/aromatic N) is 4. The number of alkyl halides is 1. The molecule has 5 N–H and O–H groups in total. The van der Waals surface area contributed by atoms with Gasteiger partial charge in [0, 0.05) is 11.2 Å². The molecular formula is C23H37ClN7O6PS. The number of nitrogens with two attached hydrogens (primary N) is 2.